The van der Waals surface area contributed by atoms with Gasteiger partial charge in [-0.25, -0.2) is 5.43 Å². The zero-order chi connectivity index (χ0) is 17.9. The number of nitrogens with zero attached hydrogens (tertiary/aromatic N) is 1. The number of fused-ring (bicyclic) bond motifs is 1. The van der Waals surface area contributed by atoms with E-state index in [1.807, 2.05) is 48.5 Å². The first-order chi connectivity index (χ1) is 12.7. The molecule has 2 atom stereocenters. The molecule has 0 saturated heterocycles. The first-order valence-corrected chi connectivity index (χ1v) is 10.1. The maximum Gasteiger partial charge on any atom is 0.271 e. The van der Waals surface area contributed by atoms with Gasteiger partial charge < -0.3 is 0 Å². The lowest BCUT2D eigenvalue weighted by Crippen LogP contribution is -2.35. The topological polar surface area (TPSA) is 41.5 Å². The zero-order valence-electron chi connectivity index (χ0n) is 14.2. The van der Waals surface area contributed by atoms with Crippen LogP contribution in [0.2, 0.25) is 5.02 Å². The molecule has 3 nitrogen and oxygen atoms in total. The number of benzene rings is 2. The predicted molar refractivity (Wildman–Crippen MR) is 108 cm³/mol. The number of hydrazone groups is 1. The summed E-state index contributed by atoms with van der Waals surface area (Å²) in [6.07, 6.45) is 6.55. The van der Waals surface area contributed by atoms with Crippen molar-refractivity contribution in [2.45, 2.75) is 23.5 Å². The Bertz CT molecular complexity index is 859. The Kier molecular flexibility index (Phi) is 5.14. The van der Waals surface area contributed by atoms with Gasteiger partial charge in [-0.05, 0) is 60.7 Å². The maximum absolute atomic E-state index is 12.2. The maximum atomic E-state index is 12.2. The number of rotatable bonds is 5. The van der Waals surface area contributed by atoms with Crippen LogP contribution in [-0.2, 0) is 5.75 Å². The van der Waals surface area contributed by atoms with Crippen molar-refractivity contribution in [2.24, 2.45) is 16.9 Å². The first-order valence-electron chi connectivity index (χ1n) is 8.70. The molecule has 2 aromatic rings. The summed E-state index contributed by atoms with van der Waals surface area (Å²) in [5.74, 6) is 1.85. The van der Waals surface area contributed by atoms with Crippen LogP contribution in [-0.4, -0.2) is 11.6 Å². The van der Waals surface area contributed by atoms with Gasteiger partial charge in [0.05, 0.1) is 0 Å². The molecule has 0 aliphatic heterocycles. The van der Waals surface area contributed by atoms with Gasteiger partial charge in [0.2, 0.25) is 0 Å². The normalized spacial score (nSPS) is 22.1. The number of hydrogen-bond donors (Lipinski definition) is 1. The lowest BCUT2D eigenvalue weighted by Gasteiger charge is -2.31. The second kappa shape index (κ2) is 7.68. The molecule has 26 heavy (non-hydrogen) atoms. The van der Waals surface area contributed by atoms with Crippen LogP contribution in [0.5, 0.6) is 0 Å². The minimum Gasteiger partial charge on any atom is -0.267 e. The molecule has 0 aromatic heterocycles. The van der Waals surface area contributed by atoms with E-state index in [0.29, 0.717) is 17.4 Å². The monoisotopic (exact) mass is 382 g/mol. The minimum absolute atomic E-state index is 0.153. The van der Waals surface area contributed by atoms with Crippen LogP contribution in [0.25, 0.3) is 0 Å². The van der Waals surface area contributed by atoms with Crippen molar-refractivity contribution in [1.82, 2.24) is 5.43 Å². The average molecular weight is 383 g/mol. The molecule has 2 unspecified atom stereocenters. The summed E-state index contributed by atoms with van der Waals surface area (Å²) in [7, 11) is 0. The molecule has 1 saturated carbocycles. The highest BCUT2D eigenvalue weighted by Crippen LogP contribution is 2.40. The Morgan fingerprint density at radius 3 is 2.65 bits per heavy atom. The number of hydrogen-bond acceptors (Lipinski definition) is 3. The number of amides is 1. The van der Waals surface area contributed by atoms with E-state index >= 15 is 0 Å². The third kappa shape index (κ3) is 3.87. The van der Waals surface area contributed by atoms with Crippen molar-refractivity contribution in [3.63, 3.8) is 0 Å². The van der Waals surface area contributed by atoms with Gasteiger partial charge in [-0.2, -0.15) is 5.10 Å². The Morgan fingerprint density at radius 1 is 1.15 bits per heavy atom. The highest BCUT2D eigenvalue weighted by molar-refractivity contribution is 7.98. The highest BCUT2D eigenvalue weighted by Gasteiger charge is 2.37. The molecule has 2 aliphatic rings. The molecule has 0 radical (unpaired) electrons. The van der Waals surface area contributed by atoms with Crippen LogP contribution in [0, 0.1) is 11.8 Å². The quantitative estimate of drug-likeness (QED) is 0.432. The van der Waals surface area contributed by atoms with Crippen LogP contribution >= 0.6 is 23.4 Å². The van der Waals surface area contributed by atoms with Crippen LogP contribution in [0.4, 0.5) is 0 Å². The number of allylic oxidation sites excluding steroid dienone is 2. The van der Waals surface area contributed by atoms with Crippen molar-refractivity contribution in [1.29, 1.82) is 0 Å². The van der Waals surface area contributed by atoms with Crippen molar-refractivity contribution >= 4 is 35.0 Å². The number of carbonyl (C=O) groups is 1. The fraction of sp³-hybridized carbons (Fsp3) is 0.238. The molecule has 0 bridgehead atoms. The largest absolute Gasteiger partial charge is 0.271 e. The van der Waals surface area contributed by atoms with Gasteiger partial charge in [-0.1, -0.05) is 35.9 Å². The van der Waals surface area contributed by atoms with Crippen LogP contribution in [0.1, 0.15) is 28.8 Å². The summed E-state index contributed by atoms with van der Waals surface area (Å²) in [5, 5.41) is 5.05. The standard InChI is InChI=1S/C21H19ClN2OS/c22-17-8-10-18(11-9-17)26-13-14-4-6-15(7-5-14)21(25)24-23-20-12-16-2-1-3-19(16)20/h1,3-11,16,19H,2,12-13H2,(H,24,25). The molecular formula is C21H19ClN2OS. The summed E-state index contributed by atoms with van der Waals surface area (Å²) < 4.78 is 0. The zero-order valence-corrected chi connectivity index (χ0v) is 15.8. The molecule has 2 aromatic carbocycles. The highest BCUT2D eigenvalue weighted by atomic mass is 35.5. The van der Waals surface area contributed by atoms with Gasteiger partial charge in [0.1, 0.15) is 0 Å². The molecular weight excluding hydrogens is 364 g/mol. The molecule has 5 heteroatoms. The second-order valence-corrected chi connectivity index (χ2v) is 8.12. The van der Waals surface area contributed by atoms with E-state index in [2.05, 4.69) is 22.7 Å². The summed E-state index contributed by atoms with van der Waals surface area (Å²) in [5.41, 5.74) is 5.59. The van der Waals surface area contributed by atoms with Gasteiger partial charge in [-0.15, -0.1) is 11.8 Å². The van der Waals surface area contributed by atoms with Gasteiger partial charge in [0, 0.05) is 32.9 Å². The predicted octanol–water partition coefficient (Wildman–Crippen LogP) is 5.31. The molecule has 132 valence electrons. The van der Waals surface area contributed by atoms with Crippen LogP contribution < -0.4 is 5.43 Å². The van der Waals surface area contributed by atoms with E-state index in [1.165, 1.54) is 10.5 Å². The number of halogens is 1. The summed E-state index contributed by atoms with van der Waals surface area (Å²) in [4.78, 5) is 13.4. The lowest BCUT2D eigenvalue weighted by molar-refractivity contribution is 0.0954. The van der Waals surface area contributed by atoms with E-state index in [-0.39, 0.29) is 5.91 Å². The van der Waals surface area contributed by atoms with Gasteiger partial charge in [0.15, 0.2) is 0 Å². The molecule has 1 amide bonds. The fourth-order valence-corrected chi connectivity index (χ4v) is 4.28. The molecule has 1 N–H and O–H groups in total. The molecule has 2 aliphatic carbocycles. The second-order valence-electron chi connectivity index (χ2n) is 6.64. The number of carbonyl (C=O) groups excluding carboxylic acids is 1. The number of thioether (sulfide) groups is 1. The summed E-state index contributed by atoms with van der Waals surface area (Å²) in [6, 6.07) is 15.5. The average Bonchev–Trinajstić information content (AvgIpc) is 3.02. The summed E-state index contributed by atoms with van der Waals surface area (Å²) in [6.45, 7) is 0. The smallest absolute Gasteiger partial charge is 0.267 e. The molecule has 0 spiro atoms. The van der Waals surface area contributed by atoms with Gasteiger partial charge >= 0.3 is 0 Å². The third-order valence-electron chi connectivity index (χ3n) is 4.88. The van der Waals surface area contributed by atoms with Crippen LogP contribution in [0.15, 0.2) is 70.7 Å². The van der Waals surface area contributed by atoms with Crippen molar-refractivity contribution in [3.8, 4) is 0 Å². The van der Waals surface area contributed by atoms with Gasteiger partial charge in [-0.3, -0.25) is 4.79 Å². The molecule has 0 heterocycles. The number of nitrogens with one attached hydrogen (secondary N) is 1. The van der Waals surface area contributed by atoms with E-state index in [1.54, 1.807) is 11.8 Å². The Balaban J connectivity index is 1.30. The Hall–Kier alpha value is -2.04. The summed E-state index contributed by atoms with van der Waals surface area (Å²) >= 11 is 7.64. The third-order valence-corrected chi connectivity index (χ3v) is 6.22. The van der Waals surface area contributed by atoms with Crippen molar-refractivity contribution < 1.29 is 4.79 Å². The SMILES string of the molecule is O=C(NN=C1CC2CC=CC12)c1ccc(CSc2ccc(Cl)cc2)cc1. The van der Waals surface area contributed by atoms with Crippen molar-refractivity contribution in [3.05, 3.63) is 76.8 Å². The van der Waals surface area contributed by atoms with E-state index in [9.17, 15) is 4.79 Å². The molecule has 1 fully saturated rings. The minimum atomic E-state index is -0.153. The van der Waals surface area contributed by atoms with E-state index < -0.39 is 0 Å². The fourth-order valence-electron chi connectivity index (χ4n) is 3.30. The van der Waals surface area contributed by atoms with Crippen molar-refractivity contribution in [2.75, 3.05) is 0 Å². The Morgan fingerprint density at radius 2 is 1.92 bits per heavy atom. The van der Waals surface area contributed by atoms with E-state index in [0.717, 1.165) is 29.3 Å². The van der Waals surface area contributed by atoms with Crippen LogP contribution in [0.3, 0.4) is 0 Å². The van der Waals surface area contributed by atoms with Gasteiger partial charge in [0.25, 0.3) is 5.91 Å². The first kappa shape index (κ1) is 17.4. The lowest BCUT2D eigenvalue weighted by atomic mass is 9.74. The van der Waals surface area contributed by atoms with E-state index in [4.69, 9.17) is 11.6 Å². The Labute approximate surface area is 162 Å². The molecule has 4 rings (SSSR count).